The van der Waals surface area contributed by atoms with Crippen LogP contribution >= 0.6 is 11.6 Å². The number of hydrogen-bond acceptors (Lipinski definition) is 3. The normalized spacial score (nSPS) is 13.3. The van der Waals surface area contributed by atoms with Gasteiger partial charge in [-0.2, -0.15) is 13.2 Å². The summed E-state index contributed by atoms with van der Waals surface area (Å²) < 4.78 is 45.6. The van der Waals surface area contributed by atoms with E-state index in [9.17, 15) is 18.0 Å². The van der Waals surface area contributed by atoms with Crippen molar-refractivity contribution in [3.05, 3.63) is 24.2 Å². The number of carbonyl (C=O) groups is 1. The predicted molar refractivity (Wildman–Crippen MR) is 63.2 cm³/mol. The standard InChI is InChI=1S/C12H14ClF3O3/c13-9(8-12(14,15)16)4-1-2-6-19-11(17)10-5-3-7-18-10/h3,5,7,9H,1-2,4,6,8H2. The summed E-state index contributed by atoms with van der Waals surface area (Å²) in [5, 5.41) is -0.930. The van der Waals surface area contributed by atoms with E-state index in [0.29, 0.717) is 12.8 Å². The molecule has 108 valence electrons. The van der Waals surface area contributed by atoms with Crippen LogP contribution in [0.25, 0.3) is 0 Å². The Balaban J connectivity index is 2.07. The Morgan fingerprint density at radius 3 is 2.74 bits per heavy atom. The zero-order valence-electron chi connectivity index (χ0n) is 10.1. The highest BCUT2D eigenvalue weighted by Crippen LogP contribution is 2.26. The summed E-state index contributed by atoms with van der Waals surface area (Å²) in [4.78, 5) is 11.3. The van der Waals surface area contributed by atoms with E-state index in [1.807, 2.05) is 0 Å². The molecule has 0 spiro atoms. The maximum atomic E-state index is 12.0. The van der Waals surface area contributed by atoms with Crippen molar-refractivity contribution in [2.24, 2.45) is 0 Å². The van der Waals surface area contributed by atoms with Crippen LogP contribution in [0.5, 0.6) is 0 Å². The van der Waals surface area contributed by atoms with Gasteiger partial charge in [0, 0.05) is 5.38 Å². The van der Waals surface area contributed by atoms with Gasteiger partial charge in [-0.3, -0.25) is 0 Å². The molecule has 1 atom stereocenters. The summed E-state index contributed by atoms with van der Waals surface area (Å²) in [6, 6.07) is 3.03. The van der Waals surface area contributed by atoms with Gasteiger partial charge in [-0.25, -0.2) is 4.79 Å². The highest BCUT2D eigenvalue weighted by Gasteiger charge is 2.30. The molecule has 0 bridgehead atoms. The molecule has 19 heavy (non-hydrogen) atoms. The van der Waals surface area contributed by atoms with Crippen molar-refractivity contribution >= 4 is 17.6 Å². The number of carbonyl (C=O) groups excluding carboxylic acids is 1. The average Bonchev–Trinajstić information content (AvgIpc) is 2.79. The van der Waals surface area contributed by atoms with Gasteiger partial charge >= 0.3 is 12.1 Å². The van der Waals surface area contributed by atoms with Crippen LogP contribution in [0.1, 0.15) is 36.2 Å². The summed E-state index contributed by atoms with van der Waals surface area (Å²) in [5.41, 5.74) is 0. The Bertz CT molecular complexity index is 376. The second kappa shape index (κ2) is 7.43. The minimum Gasteiger partial charge on any atom is -0.460 e. The van der Waals surface area contributed by atoms with Crippen molar-refractivity contribution in [2.75, 3.05) is 6.61 Å². The second-order valence-electron chi connectivity index (χ2n) is 4.03. The molecule has 0 radical (unpaired) electrons. The molecule has 0 aromatic carbocycles. The molecule has 0 saturated heterocycles. The predicted octanol–water partition coefficient (Wildman–Crippen LogP) is 4.17. The van der Waals surface area contributed by atoms with Crippen molar-refractivity contribution in [3.8, 4) is 0 Å². The molecule has 3 nitrogen and oxygen atoms in total. The monoisotopic (exact) mass is 298 g/mol. The molecule has 0 amide bonds. The van der Waals surface area contributed by atoms with Crippen molar-refractivity contribution in [1.82, 2.24) is 0 Å². The van der Waals surface area contributed by atoms with Gasteiger partial charge in [-0.15, -0.1) is 11.6 Å². The van der Waals surface area contributed by atoms with Crippen molar-refractivity contribution in [1.29, 1.82) is 0 Å². The maximum absolute atomic E-state index is 12.0. The quantitative estimate of drug-likeness (QED) is 0.431. The van der Waals surface area contributed by atoms with E-state index in [-0.39, 0.29) is 18.8 Å². The number of esters is 1. The Labute approximate surface area is 113 Å². The van der Waals surface area contributed by atoms with E-state index in [1.54, 1.807) is 6.07 Å². The third-order valence-corrected chi connectivity index (χ3v) is 2.69. The summed E-state index contributed by atoms with van der Waals surface area (Å²) in [7, 11) is 0. The number of ether oxygens (including phenoxy) is 1. The summed E-state index contributed by atoms with van der Waals surface area (Å²) in [6.45, 7) is 0.134. The topological polar surface area (TPSA) is 39.4 Å². The van der Waals surface area contributed by atoms with Crippen LogP contribution in [0, 0.1) is 0 Å². The van der Waals surface area contributed by atoms with Gasteiger partial charge in [0.25, 0.3) is 0 Å². The fraction of sp³-hybridized carbons (Fsp3) is 0.583. The molecule has 0 aliphatic heterocycles. The SMILES string of the molecule is O=C(OCCCCC(Cl)CC(F)(F)F)c1ccco1. The number of alkyl halides is 4. The number of furan rings is 1. The summed E-state index contributed by atoms with van der Waals surface area (Å²) >= 11 is 5.55. The fourth-order valence-electron chi connectivity index (χ4n) is 1.45. The number of hydrogen-bond donors (Lipinski definition) is 0. The molecule has 0 N–H and O–H groups in total. The summed E-state index contributed by atoms with van der Waals surface area (Å²) in [6.07, 6.45) is -2.71. The molecule has 1 unspecified atom stereocenters. The van der Waals surface area contributed by atoms with Gasteiger partial charge in [0.1, 0.15) is 0 Å². The van der Waals surface area contributed by atoms with Gasteiger partial charge < -0.3 is 9.15 Å². The Morgan fingerprint density at radius 1 is 1.42 bits per heavy atom. The van der Waals surface area contributed by atoms with Crippen molar-refractivity contribution in [3.63, 3.8) is 0 Å². The maximum Gasteiger partial charge on any atom is 0.390 e. The molecular weight excluding hydrogens is 285 g/mol. The lowest BCUT2D eigenvalue weighted by Gasteiger charge is -2.11. The van der Waals surface area contributed by atoms with Gasteiger partial charge in [-0.05, 0) is 31.4 Å². The minimum atomic E-state index is -4.24. The highest BCUT2D eigenvalue weighted by molar-refractivity contribution is 6.20. The molecule has 1 aromatic heterocycles. The van der Waals surface area contributed by atoms with Gasteiger partial charge in [0.15, 0.2) is 0 Å². The van der Waals surface area contributed by atoms with E-state index < -0.39 is 23.9 Å². The smallest absolute Gasteiger partial charge is 0.390 e. The Hall–Kier alpha value is -1.17. The van der Waals surface area contributed by atoms with Gasteiger partial charge in [0.2, 0.25) is 5.76 Å². The lowest BCUT2D eigenvalue weighted by atomic mass is 10.1. The van der Waals surface area contributed by atoms with Crippen LogP contribution in [-0.2, 0) is 4.74 Å². The first-order valence-electron chi connectivity index (χ1n) is 5.80. The van der Waals surface area contributed by atoms with E-state index >= 15 is 0 Å². The van der Waals surface area contributed by atoms with E-state index in [2.05, 4.69) is 0 Å². The van der Waals surface area contributed by atoms with Crippen molar-refractivity contribution < 1.29 is 27.1 Å². The lowest BCUT2D eigenvalue weighted by molar-refractivity contribution is -0.134. The van der Waals surface area contributed by atoms with E-state index in [0.717, 1.165) is 0 Å². The van der Waals surface area contributed by atoms with Crippen LogP contribution in [0.4, 0.5) is 13.2 Å². The number of rotatable bonds is 7. The zero-order valence-corrected chi connectivity index (χ0v) is 10.8. The Kier molecular flexibility index (Phi) is 6.21. The Morgan fingerprint density at radius 2 is 2.16 bits per heavy atom. The molecule has 1 aromatic rings. The molecule has 1 heterocycles. The minimum absolute atomic E-state index is 0.104. The van der Waals surface area contributed by atoms with Crippen LogP contribution in [0.15, 0.2) is 22.8 Å². The third-order valence-electron chi connectivity index (χ3n) is 2.32. The molecule has 0 saturated carbocycles. The summed E-state index contributed by atoms with van der Waals surface area (Å²) in [5.74, 6) is -0.477. The molecule has 0 fully saturated rings. The van der Waals surface area contributed by atoms with Gasteiger partial charge in [0.05, 0.1) is 19.3 Å². The van der Waals surface area contributed by atoms with Crippen LogP contribution in [0.3, 0.4) is 0 Å². The van der Waals surface area contributed by atoms with E-state index in [1.165, 1.54) is 12.3 Å². The number of unbranched alkanes of at least 4 members (excludes halogenated alkanes) is 1. The van der Waals surface area contributed by atoms with Crippen LogP contribution in [0.2, 0.25) is 0 Å². The highest BCUT2D eigenvalue weighted by atomic mass is 35.5. The fourth-order valence-corrected chi connectivity index (χ4v) is 1.78. The first-order valence-corrected chi connectivity index (χ1v) is 6.23. The third kappa shape index (κ3) is 7.10. The van der Waals surface area contributed by atoms with Gasteiger partial charge in [-0.1, -0.05) is 0 Å². The largest absolute Gasteiger partial charge is 0.460 e. The molecule has 0 aliphatic carbocycles. The van der Waals surface area contributed by atoms with Crippen LogP contribution < -0.4 is 0 Å². The lowest BCUT2D eigenvalue weighted by Crippen LogP contribution is -2.15. The first-order chi connectivity index (χ1) is 8.88. The first kappa shape index (κ1) is 15.9. The average molecular weight is 299 g/mol. The second-order valence-corrected chi connectivity index (χ2v) is 4.64. The molecule has 7 heteroatoms. The zero-order chi connectivity index (χ0) is 14.3. The van der Waals surface area contributed by atoms with E-state index in [4.69, 9.17) is 20.8 Å². The van der Waals surface area contributed by atoms with Crippen LogP contribution in [-0.4, -0.2) is 24.1 Å². The molecule has 1 rings (SSSR count). The molecule has 0 aliphatic rings. The van der Waals surface area contributed by atoms with Crippen molar-refractivity contribution in [2.45, 2.75) is 37.2 Å². The molecular formula is C12H14ClF3O3. The number of halogens is 4.